The first-order valence-electron chi connectivity index (χ1n) is 3.04. The summed E-state index contributed by atoms with van der Waals surface area (Å²) in [7, 11) is 1.30. The lowest BCUT2D eigenvalue weighted by Crippen LogP contribution is -2.39. The minimum absolute atomic E-state index is 0.263. The van der Waals surface area contributed by atoms with E-state index in [0.717, 1.165) is 4.90 Å². The van der Waals surface area contributed by atoms with Crippen LogP contribution in [0, 0.1) is 0 Å². The van der Waals surface area contributed by atoms with E-state index in [9.17, 15) is 9.59 Å². The molecule has 0 saturated carbocycles. The second-order valence-electron chi connectivity index (χ2n) is 2.04. The highest BCUT2D eigenvalue weighted by molar-refractivity contribution is 5.76. The minimum Gasteiger partial charge on any atom is -0.480 e. The van der Waals surface area contributed by atoms with Crippen molar-refractivity contribution < 1.29 is 14.7 Å². The number of carbonyl (C=O) groups is 2. The molecule has 0 bridgehead atoms. The number of amides is 1. The third kappa shape index (κ3) is 2.89. The third-order valence-electron chi connectivity index (χ3n) is 1.26. The van der Waals surface area contributed by atoms with Crippen molar-refractivity contribution >= 4 is 12.4 Å². The summed E-state index contributed by atoms with van der Waals surface area (Å²) in [6.45, 7) is -0.263. The van der Waals surface area contributed by atoms with Crippen molar-refractivity contribution in [1.82, 2.24) is 4.90 Å². The maximum atomic E-state index is 10.4. The van der Waals surface area contributed by atoms with Crippen molar-refractivity contribution in [2.24, 2.45) is 5.11 Å². The molecule has 66 valence electrons. The van der Waals surface area contributed by atoms with E-state index in [-0.39, 0.29) is 6.54 Å². The lowest BCUT2D eigenvalue weighted by atomic mass is 10.3. The zero-order chi connectivity index (χ0) is 9.56. The Hall–Kier alpha value is -1.75. The molecule has 0 saturated heterocycles. The van der Waals surface area contributed by atoms with Crippen LogP contribution in [-0.2, 0) is 9.59 Å². The molecule has 7 nitrogen and oxygen atoms in total. The summed E-state index contributed by atoms with van der Waals surface area (Å²) in [5.74, 6) is -1.20. The van der Waals surface area contributed by atoms with Gasteiger partial charge in [-0.05, 0) is 5.53 Å². The normalized spacial score (nSPS) is 11.1. The van der Waals surface area contributed by atoms with E-state index in [1.807, 2.05) is 0 Å². The monoisotopic (exact) mass is 172 g/mol. The van der Waals surface area contributed by atoms with Crippen LogP contribution in [-0.4, -0.2) is 42.0 Å². The molecular weight excluding hydrogens is 164 g/mol. The summed E-state index contributed by atoms with van der Waals surface area (Å²) in [4.78, 5) is 23.9. The average molecular weight is 172 g/mol. The van der Waals surface area contributed by atoms with Crippen molar-refractivity contribution in [3.8, 4) is 0 Å². The number of carboxylic acids is 1. The maximum Gasteiger partial charge on any atom is 0.326 e. The van der Waals surface area contributed by atoms with Gasteiger partial charge in [0.1, 0.15) is 6.04 Å². The molecule has 0 fully saturated rings. The second-order valence-corrected chi connectivity index (χ2v) is 2.04. The minimum atomic E-state index is -1.20. The highest BCUT2D eigenvalue weighted by Crippen LogP contribution is 1.94. The van der Waals surface area contributed by atoms with Crippen molar-refractivity contribution in [1.29, 1.82) is 0 Å². The summed E-state index contributed by atoms with van der Waals surface area (Å²) >= 11 is 0. The number of carboxylic acid groups (broad SMARTS) is 1. The Morgan fingerprint density at radius 3 is 2.83 bits per heavy atom. The number of hydrogen-bond acceptors (Lipinski definition) is 3. The molecule has 1 N–H and O–H groups in total. The van der Waals surface area contributed by atoms with Crippen LogP contribution in [0.4, 0.5) is 0 Å². The van der Waals surface area contributed by atoms with Crippen molar-refractivity contribution in [2.75, 3.05) is 13.6 Å². The Balaban J connectivity index is 4.31. The largest absolute Gasteiger partial charge is 0.480 e. The molecule has 0 heterocycles. The summed E-state index contributed by atoms with van der Waals surface area (Å²) in [5, 5.41) is 11.6. The first kappa shape index (κ1) is 10.2. The van der Waals surface area contributed by atoms with Crippen LogP contribution in [0.25, 0.3) is 10.4 Å². The van der Waals surface area contributed by atoms with Gasteiger partial charge >= 0.3 is 5.97 Å². The Morgan fingerprint density at radius 1 is 1.92 bits per heavy atom. The zero-order valence-corrected chi connectivity index (χ0v) is 6.41. The van der Waals surface area contributed by atoms with Gasteiger partial charge in [0, 0.05) is 12.0 Å². The Kier molecular flexibility index (Phi) is 4.25. The number of rotatable bonds is 5. The van der Waals surface area contributed by atoms with Gasteiger partial charge < -0.3 is 10.0 Å². The number of azide groups is 1. The van der Waals surface area contributed by atoms with Gasteiger partial charge in [0.25, 0.3) is 0 Å². The van der Waals surface area contributed by atoms with E-state index in [4.69, 9.17) is 10.6 Å². The van der Waals surface area contributed by atoms with Crippen LogP contribution in [0.3, 0.4) is 0 Å². The molecule has 0 radical (unpaired) electrons. The molecule has 0 aliphatic heterocycles. The maximum absolute atomic E-state index is 10.4. The second kappa shape index (κ2) is 4.97. The van der Waals surface area contributed by atoms with Gasteiger partial charge in [-0.3, -0.25) is 4.79 Å². The molecule has 12 heavy (non-hydrogen) atoms. The van der Waals surface area contributed by atoms with Crippen molar-refractivity contribution in [3.63, 3.8) is 0 Å². The average Bonchev–Trinajstić information content (AvgIpc) is 2.04. The van der Waals surface area contributed by atoms with E-state index in [0.29, 0.717) is 6.41 Å². The van der Waals surface area contributed by atoms with Crippen molar-refractivity contribution in [2.45, 2.75) is 6.04 Å². The zero-order valence-electron chi connectivity index (χ0n) is 6.41. The summed E-state index contributed by atoms with van der Waals surface area (Å²) in [6.07, 6.45) is 0.367. The standard InChI is InChI=1S/C5H8N4O3/c1-9(3-10)4(5(11)12)2-7-8-6/h3-4H,2H2,1H3,(H,11,12). The van der Waals surface area contributed by atoms with Crippen LogP contribution < -0.4 is 0 Å². The van der Waals surface area contributed by atoms with Gasteiger partial charge in [-0.15, -0.1) is 0 Å². The summed E-state index contributed by atoms with van der Waals surface area (Å²) in [5.41, 5.74) is 7.91. The Morgan fingerprint density at radius 2 is 2.50 bits per heavy atom. The van der Waals surface area contributed by atoms with Gasteiger partial charge in [0.15, 0.2) is 0 Å². The molecule has 0 rings (SSSR count). The molecule has 0 aliphatic carbocycles. The number of carbonyl (C=O) groups excluding carboxylic acids is 1. The molecule has 0 aromatic heterocycles. The van der Waals surface area contributed by atoms with Gasteiger partial charge in [-0.25, -0.2) is 4.79 Å². The quantitative estimate of drug-likeness (QED) is 0.269. The van der Waals surface area contributed by atoms with Crippen molar-refractivity contribution in [3.05, 3.63) is 10.4 Å². The first-order chi connectivity index (χ1) is 5.63. The molecule has 0 aromatic rings. The van der Waals surface area contributed by atoms with E-state index in [1.165, 1.54) is 7.05 Å². The predicted octanol–water partition coefficient (Wildman–Crippen LogP) is -0.162. The first-order valence-corrected chi connectivity index (χ1v) is 3.04. The molecule has 7 heteroatoms. The van der Waals surface area contributed by atoms with E-state index >= 15 is 0 Å². The van der Waals surface area contributed by atoms with Crippen LogP contribution in [0.2, 0.25) is 0 Å². The number of aliphatic carboxylic acids is 1. The molecular formula is C5H8N4O3. The fourth-order valence-corrected chi connectivity index (χ4v) is 0.568. The molecule has 1 unspecified atom stereocenters. The number of likely N-dealkylation sites (N-methyl/N-ethyl adjacent to an activating group) is 1. The van der Waals surface area contributed by atoms with Crippen LogP contribution in [0.15, 0.2) is 5.11 Å². The highest BCUT2D eigenvalue weighted by atomic mass is 16.4. The van der Waals surface area contributed by atoms with E-state index in [1.54, 1.807) is 0 Å². The lowest BCUT2D eigenvalue weighted by molar-refractivity contribution is -0.145. The van der Waals surface area contributed by atoms with Crippen LogP contribution in [0.5, 0.6) is 0 Å². The lowest BCUT2D eigenvalue weighted by Gasteiger charge is -2.17. The van der Waals surface area contributed by atoms with Gasteiger partial charge in [-0.1, -0.05) is 5.11 Å². The SMILES string of the molecule is CN(C=O)C(CN=[N+]=[N-])C(=O)O. The van der Waals surface area contributed by atoms with Gasteiger partial charge in [0.2, 0.25) is 6.41 Å². The highest BCUT2D eigenvalue weighted by Gasteiger charge is 2.19. The van der Waals surface area contributed by atoms with Crippen LogP contribution in [0.1, 0.15) is 0 Å². The molecule has 1 amide bonds. The Bertz CT molecular complexity index is 223. The fraction of sp³-hybridized carbons (Fsp3) is 0.600. The van der Waals surface area contributed by atoms with Crippen LogP contribution >= 0.6 is 0 Å². The third-order valence-corrected chi connectivity index (χ3v) is 1.26. The van der Waals surface area contributed by atoms with E-state index in [2.05, 4.69) is 10.0 Å². The molecule has 1 atom stereocenters. The molecule has 0 spiro atoms. The summed E-state index contributed by atoms with van der Waals surface area (Å²) in [6, 6.07) is -1.08. The topological polar surface area (TPSA) is 106 Å². The van der Waals surface area contributed by atoms with Gasteiger partial charge in [0.05, 0.1) is 6.54 Å². The predicted molar refractivity (Wildman–Crippen MR) is 39.3 cm³/mol. The smallest absolute Gasteiger partial charge is 0.326 e. The number of nitrogens with zero attached hydrogens (tertiary/aromatic N) is 4. The molecule has 0 aliphatic rings. The van der Waals surface area contributed by atoms with Gasteiger partial charge in [-0.2, -0.15) is 0 Å². The fourth-order valence-electron chi connectivity index (χ4n) is 0.568. The van der Waals surface area contributed by atoms with E-state index < -0.39 is 12.0 Å². The number of hydrogen-bond donors (Lipinski definition) is 1. The summed E-state index contributed by atoms with van der Waals surface area (Å²) < 4.78 is 0. The Labute approximate surface area is 68.2 Å². The molecule has 0 aromatic carbocycles.